The third-order valence-electron chi connectivity index (χ3n) is 2.21. The monoisotopic (exact) mass is 232 g/mol. The maximum atomic E-state index is 11.8. The summed E-state index contributed by atoms with van der Waals surface area (Å²) in [5, 5.41) is 11.9. The van der Waals surface area contributed by atoms with Crippen molar-refractivity contribution in [2.75, 3.05) is 5.32 Å². The molecule has 0 fully saturated rings. The van der Waals surface area contributed by atoms with Gasteiger partial charge in [-0.15, -0.1) is 0 Å². The normalized spacial score (nSPS) is 10.2. The van der Waals surface area contributed by atoms with Crippen molar-refractivity contribution in [1.82, 2.24) is 4.98 Å². The second-order valence-electron chi connectivity index (χ2n) is 3.65. The van der Waals surface area contributed by atoms with Crippen molar-refractivity contribution in [3.63, 3.8) is 0 Å². The Balaban J connectivity index is 2.20. The number of nitrogens with one attached hydrogen (secondary N) is 1. The number of aromatic hydroxyl groups is 1. The summed E-state index contributed by atoms with van der Waals surface area (Å²) in [7, 11) is 0. The summed E-state index contributed by atoms with van der Waals surface area (Å²) in [6, 6.07) is 6.30. The van der Waals surface area contributed by atoms with Crippen LogP contribution in [0.2, 0.25) is 0 Å². The highest BCUT2D eigenvalue weighted by Crippen LogP contribution is 2.17. The van der Waals surface area contributed by atoms with Gasteiger partial charge < -0.3 is 14.8 Å². The Hall–Kier alpha value is -2.30. The van der Waals surface area contributed by atoms with E-state index in [4.69, 9.17) is 4.42 Å². The molecular formula is C12H12N2O3. The molecule has 0 aliphatic carbocycles. The number of hydrogen-bond donors (Lipinski definition) is 2. The van der Waals surface area contributed by atoms with Gasteiger partial charge in [0.25, 0.3) is 5.91 Å². The van der Waals surface area contributed by atoms with Crippen LogP contribution in [0.3, 0.4) is 0 Å². The summed E-state index contributed by atoms with van der Waals surface area (Å²) in [5.41, 5.74) is 1.05. The van der Waals surface area contributed by atoms with Gasteiger partial charge >= 0.3 is 0 Å². The molecule has 0 bridgehead atoms. The van der Waals surface area contributed by atoms with Crippen molar-refractivity contribution in [2.45, 2.75) is 13.8 Å². The zero-order valence-electron chi connectivity index (χ0n) is 9.52. The summed E-state index contributed by atoms with van der Waals surface area (Å²) in [6.07, 6.45) is 0. The van der Waals surface area contributed by atoms with Gasteiger partial charge in [-0.25, -0.2) is 4.98 Å². The first-order valence-corrected chi connectivity index (χ1v) is 5.10. The van der Waals surface area contributed by atoms with Gasteiger partial charge in [-0.1, -0.05) is 6.07 Å². The van der Waals surface area contributed by atoms with Crippen molar-refractivity contribution >= 4 is 11.6 Å². The Bertz CT molecular complexity index is 561. The molecule has 2 rings (SSSR count). The molecule has 0 aliphatic rings. The van der Waals surface area contributed by atoms with Gasteiger partial charge in [-0.3, -0.25) is 4.79 Å². The largest absolute Gasteiger partial charge is 0.508 e. The standard InChI is InChI=1S/C12H12N2O3/c1-7-11(17-8(2)13-7)12(16)14-9-4-3-5-10(15)6-9/h3-6,15H,1-2H3,(H,14,16). The van der Waals surface area contributed by atoms with Crippen LogP contribution >= 0.6 is 0 Å². The summed E-state index contributed by atoms with van der Waals surface area (Å²) < 4.78 is 5.19. The van der Waals surface area contributed by atoms with Gasteiger partial charge in [-0.2, -0.15) is 0 Å². The highest BCUT2D eigenvalue weighted by Gasteiger charge is 2.15. The number of phenols is 1. The molecule has 1 aromatic carbocycles. The topological polar surface area (TPSA) is 75.4 Å². The number of amides is 1. The van der Waals surface area contributed by atoms with Crippen LogP contribution in [-0.2, 0) is 0 Å². The minimum atomic E-state index is -0.381. The third-order valence-corrected chi connectivity index (χ3v) is 2.21. The quantitative estimate of drug-likeness (QED) is 0.832. The maximum absolute atomic E-state index is 11.8. The molecule has 88 valence electrons. The number of carbonyl (C=O) groups is 1. The van der Waals surface area contributed by atoms with Gasteiger partial charge in [-0.05, 0) is 19.1 Å². The molecule has 0 saturated carbocycles. The zero-order chi connectivity index (χ0) is 12.4. The van der Waals surface area contributed by atoms with Crippen molar-refractivity contribution < 1.29 is 14.3 Å². The number of hydrogen-bond acceptors (Lipinski definition) is 4. The number of oxazole rings is 1. The molecule has 0 radical (unpaired) electrons. The lowest BCUT2D eigenvalue weighted by Gasteiger charge is -2.03. The molecule has 0 spiro atoms. The Labute approximate surface area is 98.1 Å². The van der Waals surface area contributed by atoms with Gasteiger partial charge in [0.05, 0.1) is 5.69 Å². The third kappa shape index (κ3) is 2.44. The molecule has 5 nitrogen and oxygen atoms in total. The highest BCUT2D eigenvalue weighted by atomic mass is 16.4. The van der Waals surface area contributed by atoms with Crippen molar-refractivity contribution in [3.05, 3.63) is 41.6 Å². The van der Waals surface area contributed by atoms with Crippen LogP contribution in [0.15, 0.2) is 28.7 Å². The first-order chi connectivity index (χ1) is 8.06. The predicted molar refractivity (Wildman–Crippen MR) is 62.0 cm³/mol. The Morgan fingerprint density at radius 1 is 1.41 bits per heavy atom. The maximum Gasteiger partial charge on any atom is 0.293 e. The van der Waals surface area contributed by atoms with Crippen LogP contribution in [0.5, 0.6) is 5.75 Å². The van der Waals surface area contributed by atoms with E-state index in [0.29, 0.717) is 17.3 Å². The molecule has 1 amide bonds. The summed E-state index contributed by atoms with van der Waals surface area (Å²) in [5.74, 6) is 0.344. The number of aromatic nitrogens is 1. The van der Waals surface area contributed by atoms with Gasteiger partial charge in [0.15, 0.2) is 5.89 Å². The Kier molecular flexibility index (Phi) is 2.82. The minimum Gasteiger partial charge on any atom is -0.508 e. The molecular weight excluding hydrogens is 220 g/mol. The van der Waals surface area contributed by atoms with Crippen LogP contribution in [0.25, 0.3) is 0 Å². The molecule has 1 heterocycles. The first-order valence-electron chi connectivity index (χ1n) is 5.10. The smallest absolute Gasteiger partial charge is 0.293 e. The van der Waals surface area contributed by atoms with E-state index < -0.39 is 0 Å². The summed E-state index contributed by atoms with van der Waals surface area (Å²) >= 11 is 0. The van der Waals surface area contributed by atoms with Crippen LogP contribution < -0.4 is 5.32 Å². The molecule has 1 aromatic heterocycles. The fraction of sp³-hybridized carbons (Fsp3) is 0.167. The second kappa shape index (κ2) is 4.29. The van der Waals surface area contributed by atoms with E-state index in [2.05, 4.69) is 10.3 Å². The van der Waals surface area contributed by atoms with Crippen molar-refractivity contribution in [1.29, 1.82) is 0 Å². The van der Waals surface area contributed by atoms with E-state index in [-0.39, 0.29) is 17.4 Å². The van der Waals surface area contributed by atoms with Gasteiger partial charge in [0.1, 0.15) is 5.75 Å². The predicted octanol–water partition coefficient (Wildman–Crippen LogP) is 2.25. The van der Waals surface area contributed by atoms with Gasteiger partial charge in [0.2, 0.25) is 5.76 Å². The van der Waals surface area contributed by atoms with Crippen molar-refractivity contribution in [3.8, 4) is 5.75 Å². The van der Waals surface area contributed by atoms with E-state index in [9.17, 15) is 9.90 Å². The average molecular weight is 232 g/mol. The van der Waals surface area contributed by atoms with Crippen molar-refractivity contribution in [2.24, 2.45) is 0 Å². The molecule has 17 heavy (non-hydrogen) atoms. The molecule has 0 saturated heterocycles. The Morgan fingerprint density at radius 2 is 2.18 bits per heavy atom. The summed E-state index contributed by atoms with van der Waals surface area (Å²) in [4.78, 5) is 15.8. The minimum absolute atomic E-state index is 0.0910. The van der Waals surface area contributed by atoms with E-state index in [1.54, 1.807) is 26.0 Å². The van der Waals surface area contributed by atoms with E-state index in [1.165, 1.54) is 12.1 Å². The first kappa shape index (κ1) is 11.2. The average Bonchev–Trinajstić information content (AvgIpc) is 2.58. The lowest BCUT2D eigenvalue weighted by atomic mass is 10.3. The second-order valence-corrected chi connectivity index (χ2v) is 3.65. The number of aryl methyl sites for hydroxylation is 2. The number of carbonyl (C=O) groups excluding carboxylic acids is 1. The number of phenolic OH excluding ortho intramolecular Hbond substituents is 1. The Morgan fingerprint density at radius 3 is 2.76 bits per heavy atom. The molecule has 0 atom stereocenters. The van der Waals surface area contributed by atoms with E-state index in [0.717, 1.165) is 0 Å². The molecule has 0 unspecified atom stereocenters. The van der Waals surface area contributed by atoms with Gasteiger partial charge in [0, 0.05) is 18.7 Å². The fourth-order valence-corrected chi connectivity index (χ4v) is 1.51. The number of rotatable bonds is 2. The fourth-order valence-electron chi connectivity index (χ4n) is 1.51. The zero-order valence-corrected chi connectivity index (χ0v) is 9.52. The number of nitrogens with zero attached hydrogens (tertiary/aromatic N) is 1. The molecule has 0 aliphatic heterocycles. The van der Waals surface area contributed by atoms with Crippen LogP contribution in [-0.4, -0.2) is 16.0 Å². The van der Waals surface area contributed by atoms with E-state index in [1.807, 2.05) is 0 Å². The number of benzene rings is 1. The molecule has 5 heteroatoms. The SMILES string of the molecule is Cc1nc(C)c(C(=O)Nc2cccc(O)c2)o1. The van der Waals surface area contributed by atoms with E-state index >= 15 is 0 Å². The lowest BCUT2D eigenvalue weighted by Crippen LogP contribution is -2.12. The molecule has 2 aromatic rings. The molecule has 2 N–H and O–H groups in total. The lowest BCUT2D eigenvalue weighted by molar-refractivity contribution is 0.0994. The van der Waals surface area contributed by atoms with Crippen LogP contribution in [0.1, 0.15) is 22.1 Å². The summed E-state index contributed by atoms with van der Waals surface area (Å²) in [6.45, 7) is 3.38. The highest BCUT2D eigenvalue weighted by molar-refractivity contribution is 6.03. The van der Waals surface area contributed by atoms with Crippen LogP contribution in [0, 0.1) is 13.8 Å². The number of anilines is 1. The van der Waals surface area contributed by atoms with Crippen LogP contribution in [0.4, 0.5) is 5.69 Å².